The second-order valence-corrected chi connectivity index (χ2v) is 10.6. The van der Waals surface area contributed by atoms with Gasteiger partial charge in [0.05, 0.1) is 33.3 Å². The van der Waals surface area contributed by atoms with Crippen molar-refractivity contribution >= 4 is 49.4 Å². The molecule has 9 rings (SSSR count). The van der Waals surface area contributed by atoms with E-state index >= 15 is 0 Å². The molecule has 196 valence electrons. The van der Waals surface area contributed by atoms with Crippen molar-refractivity contribution in [3.63, 3.8) is 0 Å². The first-order valence-corrected chi connectivity index (χ1v) is 14.0. The van der Waals surface area contributed by atoms with Gasteiger partial charge in [-0.25, -0.2) is 15.0 Å². The minimum atomic E-state index is 0.647. The first-order chi connectivity index (χ1) is 20.8. The van der Waals surface area contributed by atoms with Crippen LogP contribution < -0.4 is 0 Å². The van der Waals surface area contributed by atoms with Crippen LogP contribution in [-0.4, -0.2) is 23.9 Å². The molecule has 4 heterocycles. The summed E-state index contributed by atoms with van der Waals surface area (Å²) >= 11 is 0. The monoisotopic (exact) mass is 537 g/mol. The van der Waals surface area contributed by atoms with Crippen molar-refractivity contribution in [1.29, 1.82) is 0 Å². The second kappa shape index (κ2) is 8.85. The van der Waals surface area contributed by atoms with Gasteiger partial charge in [-0.15, -0.1) is 0 Å². The molecule has 0 N–H and O–H groups in total. The van der Waals surface area contributed by atoms with E-state index in [4.69, 9.17) is 15.0 Å². The van der Waals surface area contributed by atoms with Gasteiger partial charge >= 0.3 is 0 Å². The number of benzene rings is 5. The molecule has 0 spiro atoms. The minimum absolute atomic E-state index is 0.647. The maximum Gasteiger partial charge on any atom is 0.235 e. The Bertz CT molecular complexity index is 2450. The van der Waals surface area contributed by atoms with Gasteiger partial charge in [0.1, 0.15) is 5.65 Å². The fourth-order valence-electron chi connectivity index (χ4n) is 6.18. The number of hydrogen-bond acceptors (Lipinski definition) is 3. The van der Waals surface area contributed by atoms with E-state index in [0.717, 1.165) is 66.2 Å². The van der Waals surface area contributed by atoms with E-state index in [-0.39, 0.29) is 0 Å². The lowest BCUT2D eigenvalue weighted by atomic mass is 10.1. The third-order valence-electron chi connectivity index (χ3n) is 8.14. The topological polar surface area (TPSA) is 48.0 Å². The van der Waals surface area contributed by atoms with Crippen LogP contribution in [0, 0.1) is 0 Å². The standard InChI is InChI=1S/C37H23N5/c1-3-11-24(12-4-1)26-19-20-41-34-22-29-27-15-8-10-18-32(27)42(33(29)23-31(34)38-35(41)21-26)37-39-30-17-9-7-16-28(30)36(40-37)25-13-5-2-6-14-25/h1-23H. The maximum atomic E-state index is 5.21. The summed E-state index contributed by atoms with van der Waals surface area (Å²) in [5, 5.41) is 3.33. The zero-order valence-electron chi connectivity index (χ0n) is 22.5. The molecule has 0 aliphatic carbocycles. The highest BCUT2D eigenvalue weighted by atomic mass is 15.2. The van der Waals surface area contributed by atoms with Crippen LogP contribution in [0.25, 0.3) is 77.7 Å². The third-order valence-corrected chi connectivity index (χ3v) is 8.14. The lowest BCUT2D eigenvalue weighted by Gasteiger charge is -2.11. The summed E-state index contributed by atoms with van der Waals surface area (Å²) in [6, 6.07) is 46.2. The van der Waals surface area contributed by atoms with Gasteiger partial charge < -0.3 is 0 Å². The van der Waals surface area contributed by atoms with E-state index in [1.54, 1.807) is 0 Å². The maximum absolute atomic E-state index is 5.21. The summed E-state index contributed by atoms with van der Waals surface area (Å²) in [4.78, 5) is 15.4. The zero-order chi connectivity index (χ0) is 27.6. The Morgan fingerprint density at radius 1 is 0.429 bits per heavy atom. The highest BCUT2D eigenvalue weighted by Crippen LogP contribution is 2.36. The lowest BCUT2D eigenvalue weighted by molar-refractivity contribution is 1.01. The molecular formula is C37H23N5. The first-order valence-electron chi connectivity index (χ1n) is 14.0. The highest BCUT2D eigenvalue weighted by molar-refractivity contribution is 6.13. The van der Waals surface area contributed by atoms with Gasteiger partial charge in [0.2, 0.25) is 5.95 Å². The molecule has 42 heavy (non-hydrogen) atoms. The molecule has 0 saturated heterocycles. The van der Waals surface area contributed by atoms with Crippen LogP contribution in [-0.2, 0) is 0 Å². The van der Waals surface area contributed by atoms with Gasteiger partial charge in [-0.1, -0.05) is 97.1 Å². The van der Waals surface area contributed by atoms with Crippen molar-refractivity contribution in [3.8, 4) is 28.3 Å². The molecule has 0 atom stereocenters. The zero-order valence-corrected chi connectivity index (χ0v) is 22.5. The fourth-order valence-corrected chi connectivity index (χ4v) is 6.18. The van der Waals surface area contributed by atoms with Gasteiger partial charge in [-0.3, -0.25) is 8.97 Å². The summed E-state index contributed by atoms with van der Waals surface area (Å²) < 4.78 is 4.36. The molecule has 0 radical (unpaired) electrons. The summed E-state index contributed by atoms with van der Waals surface area (Å²) in [5.41, 5.74) is 10.2. The number of para-hydroxylation sites is 2. The molecule has 0 aliphatic heterocycles. The van der Waals surface area contributed by atoms with Crippen molar-refractivity contribution in [2.24, 2.45) is 0 Å². The Kier molecular flexibility index (Phi) is 4.83. The molecular weight excluding hydrogens is 514 g/mol. The van der Waals surface area contributed by atoms with E-state index in [0.29, 0.717) is 5.95 Å². The van der Waals surface area contributed by atoms with Crippen LogP contribution >= 0.6 is 0 Å². The van der Waals surface area contributed by atoms with Gasteiger partial charge in [0.15, 0.2) is 0 Å². The molecule has 0 aliphatic rings. The lowest BCUT2D eigenvalue weighted by Crippen LogP contribution is -2.03. The predicted octanol–water partition coefficient (Wildman–Crippen LogP) is 8.86. The number of rotatable bonds is 3. The number of hydrogen-bond donors (Lipinski definition) is 0. The summed E-state index contributed by atoms with van der Waals surface area (Å²) in [6.07, 6.45) is 2.12. The highest BCUT2D eigenvalue weighted by Gasteiger charge is 2.19. The molecule has 9 aromatic rings. The van der Waals surface area contributed by atoms with Gasteiger partial charge in [0, 0.05) is 27.9 Å². The Labute approximate surface area is 241 Å². The van der Waals surface area contributed by atoms with Crippen LogP contribution in [0.4, 0.5) is 0 Å². The SMILES string of the molecule is c1ccc(-c2ccn3c(c2)nc2cc4c(cc23)c2ccccc2n4-c2nc(-c3ccccc3)c3ccccc3n2)cc1. The van der Waals surface area contributed by atoms with Crippen molar-refractivity contribution in [1.82, 2.24) is 23.9 Å². The van der Waals surface area contributed by atoms with Crippen molar-refractivity contribution < 1.29 is 0 Å². The first kappa shape index (κ1) is 22.9. The molecule has 0 amide bonds. The van der Waals surface area contributed by atoms with Gasteiger partial charge in [-0.05, 0) is 47.5 Å². The van der Waals surface area contributed by atoms with Crippen molar-refractivity contribution in [2.75, 3.05) is 0 Å². The molecule has 0 fully saturated rings. The molecule has 5 aromatic carbocycles. The molecule has 5 heteroatoms. The Hall–Kier alpha value is -5.81. The van der Waals surface area contributed by atoms with E-state index in [1.807, 2.05) is 24.3 Å². The summed E-state index contributed by atoms with van der Waals surface area (Å²) in [7, 11) is 0. The summed E-state index contributed by atoms with van der Waals surface area (Å²) in [5.74, 6) is 0.647. The smallest absolute Gasteiger partial charge is 0.235 e. The van der Waals surface area contributed by atoms with E-state index in [9.17, 15) is 0 Å². The minimum Gasteiger partial charge on any atom is -0.300 e. The van der Waals surface area contributed by atoms with Crippen molar-refractivity contribution in [3.05, 3.63) is 140 Å². The Morgan fingerprint density at radius 3 is 1.98 bits per heavy atom. The van der Waals surface area contributed by atoms with Gasteiger partial charge in [0.25, 0.3) is 0 Å². The number of aromatic nitrogens is 5. The third kappa shape index (κ3) is 3.40. The molecule has 0 unspecified atom stereocenters. The Balaban J connectivity index is 1.34. The quantitative estimate of drug-likeness (QED) is 0.226. The largest absolute Gasteiger partial charge is 0.300 e. The normalized spacial score (nSPS) is 11.8. The number of imidazole rings is 1. The van der Waals surface area contributed by atoms with E-state index in [1.165, 1.54) is 5.56 Å². The fraction of sp³-hybridized carbons (Fsp3) is 0. The average Bonchev–Trinajstić information content (AvgIpc) is 3.58. The van der Waals surface area contributed by atoms with Crippen LogP contribution in [0.5, 0.6) is 0 Å². The molecule has 0 saturated carbocycles. The second-order valence-electron chi connectivity index (χ2n) is 10.6. The van der Waals surface area contributed by atoms with Crippen LogP contribution in [0.15, 0.2) is 140 Å². The number of nitrogens with zero attached hydrogens (tertiary/aromatic N) is 5. The average molecular weight is 538 g/mol. The van der Waals surface area contributed by atoms with E-state index < -0.39 is 0 Å². The molecule has 4 aromatic heterocycles. The van der Waals surface area contributed by atoms with Gasteiger partial charge in [-0.2, -0.15) is 0 Å². The predicted molar refractivity (Wildman–Crippen MR) is 171 cm³/mol. The van der Waals surface area contributed by atoms with Crippen LogP contribution in [0.3, 0.4) is 0 Å². The Morgan fingerprint density at radius 2 is 1.14 bits per heavy atom. The van der Waals surface area contributed by atoms with Crippen molar-refractivity contribution in [2.45, 2.75) is 0 Å². The molecule has 5 nitrogen and oxygen atoms in total. The van der Waals surface area contributed by atoms with Crippen LogP contribution in [0.2, 0.25) is 0 Å². The number of fused-ring (bicyclic) bond motifs is 7. The molecule has 0 bridgehead atoms. The van der Waals surface area contributed by atoms with E-state index in [2.05, 4.69) is 124 Å². The van der Waals surface area contributed by atoms with Crippen LogP contribution in [0.1, 0.15) is 0 Å². The number of pyridine rings is 1. The summed E-state index contributed by atoms with van der Waals surface area (Å²) in [6.45, 7) is 0.